The van der Waals surface area contributed by atoms with Crippen LogP contribution in [0.2, 0.25) is 0 Å². The molecule has 12 heteroatoms. The first-order valence-electron chi connectivity index (χ1n) is 9.95. The number of carbonyl (C=O) groups is 4. The second-order valence-corrected chi connectivity index (χ2v) is 6.98. The first-order valence-corrected chi connectivity index (χ1v) is 9.95. The molecule has 176 valence electrons. The van der Waals surface area contributed by atoms with Crippen LogP contribution in [0, 0.1) is 0 Å². The Bertz CT molecular complexity index is 1140. The molecule has 34 heavy (non-hydrogen) atoms. The minimum absolute atomic E-state index is 0.00492. The number of hydrogen-bond donors (Lipinski definition) is 4. The van der Waals surface area contributed by atoms with Gasteiger partial charge in [0.15, 0.2) is 0 Å². The van der Waals surface area contributed by atoms with Crippen molar-refractivity contribution in [3.63, 3.8) is 0 Å². The summed E-state index contributed by atoms with van der Waals surface area (Å²) in [5, 5.41) is 7.85. The Balaban J connectivity index is 1.69. The van der Waals surface area contributed by atoms with Crippen molar-refractivity contribution in [3.8, 4) is 0 Å². The van der Waals surface area contributed by atoms with Gasteiger partial charge in [0.1, 0.15) is 6.04 Å². The van der Waals surface area contributed by atoms with E-state index in [0.29, 0.717) is 5.69 Å². The maximum atomic E-state index is 12.5. The van der Waals surface area contributed by atoms with E-state index in [-0.39, 0.29) is 35.2 Å². The molecule has 1 atom stereocenters. The number of esters is 2. The van der Waals surface area contributed by atoms with Gasteiger partial charge in [-0.2, -0.15) is 4.99 Å². The molecular weight excluding hydrogens is 444 g/mol. The number of carbonyl (C=O) groups excluding carboxylic acids is 4. The third kappa shape index (κ3) is 6.16. The number of nitrogens with two attached hydrogens (primary N) is 1. The van der Waals surface area contributed by atoms with Gasteiger partial charge in [0, 0.05) is 11.4 Å². The number of nitrogens with zero attached hydrogens (tertiary/aromatic N) is 2. The van der Waals surface area contributed by atoms with Crippen molar-refractivity contribution in [2.24, 2.45) is 15.7 Å². The SMILES string of the molecule is COC(=O)c1cc(NC(=O)CC2N=C(/N=C(\N)Nc3ccccc3)NC2=O)cc(C(=O)OC)c1. The van der Waals surface area contributed by atoms with E-state index in [0.717, 1.165) is 0 Å². The third-order valence-electron chi connectivity index (χ3n) is 4.53. The highest BCUT2D eigenvalue weighted by molar-refractivity contribution is 6.11. The van der Waals surface area contributed by atoms with E-state index in [1.54, 1.807) is 12.1 Å². The molecule has 2 amide bonds. The van der Waals surface area contributed by atoms with Crippen molar-refractivity contribution < 1.29 is 28.7 Å². The van der Waals surface area contributed by atoms with Gasteiger partial charge in [0.2, 0.25) is 17.8 Å². The summed E-state index contributed by atoms with van der Waals surface area (Å²) in [6.07, 6.45) is -0.313. The fourth-order valence-corrected chi connectivity index (χ4v) is 3.00. The minimum atomic E-state index is -1.04. The lowest BCUT2D eigenvalue weighted by Crippen LogP contribution is -2.32. The molecule has 12 nitrogen and oxygen atoms in total. The Hall–Kier alpha value is -4.74. The number of hydrogen-bond acceptors (Lipinski definition) is 8. The molecule has 2 aromatic carbocycles. The van der Waals surface area contributed by atoms with Gasteiger partial charge < -0.3 is 25.8 Å². The van der Waals surface area contributed by atoms with Crippen LogP contribution >= 0.6 is 0 Å². The predicted molar refractivity (Wildman–Crippen MR) is 123 cm³/mol. The molecule has 3 rings (SSSR count). The Kier molecular flexibility index (Phi) is 7.54. The van der Waals surface area contributed by atoms with Gasteiger partial charge in [-0.3, -0.25) is 14.9 Å². The molecule has 0 aromatic heterocycles. The highest BCUT2D eigenvalue weighted by atomic mass is 16.5. The zero-order valence-corrected chi connectivity index (χ0v) is 18.3. The molecule has 0 saturated heterocycles. The summed E-state index contributed by atoms with van der Waals surface area (Å²) < 4.78 is 9.33. The zero-order chi connectivity index (χ0) is 24.7. The lowest BCUT2D eigenvalue weighted by atomic mass is 10.1. The summed E-state index contributed by atoms with van der Waals surface area (Å²) in [5.74, 6) is -2.55. The lowest BCUT2D eigenvalue weighted by Gasteiger charge is -2.10. The van der Waals surface area contributed by atoms with Gasteiger partial charge in [-0.05, 0) is 30.3 Å². The molecule has 1 aliphatic rings. The lowest BCUT2D eigenvalue weighted by molar-refractivity contribution is -0.123. The molecule has 0 radical (unpaired) electrons. The predicted octanol–water partition coefficient (Wildman–Crippen LogP) is 0.870. The van der Waals surface area contributed by atoms with Gasteiger partial charge in [-0.25, -0.2) is 14.6 Å². The van der Waals surface area contributed by atoms with E-state index < -0.39 is 29.8 Å². The molecule has 1 unspecified atom stereocenters. The van der Waals surface area contributed by atoms with Crippen molar-refractivity contribution >= 4 is 47.0 Å². The third-order valence-corrected chi connectivity index (χ3v) is 4.53. The monoisotopic (exact) mass is 466 g/mol. The Labute approximate surface area is 194 Å². The van der Waals surface area contributed by atoms with E-state index in [2.05, 4.69) is 35.4 Å². The number of methoxy groups -OCH3 is 2. The maximum absolute atomic E-state index is 12.5. The van der Waals surface area contributed by atoms with Crippen LogP contribution in [0.3, 0.4) is 0 Å². The van der Waals surface area contributed by atoms with Crippen LogP contribution in [0.5, 0.6) is 0 Å². The van der Waals surface area contributed by atoms with Crippen molar-refractivity contribution in [2.45, 2.75) is 12.5 Å². The number of anilines is 2. The highest BCUT2D eigenvalue weighted by Crippen LogP contribution is 2.18. The first-order chi connectivity index (χ1) is 16.3. The normalized spacial score (nSPS) is 15.1. The van der Waals surface area contributed by atoms with Crippen LogP contribution in [0.4, 0.5) is 11.4 Å². The van der Waals surface area contributed by atoms with Gasteiger partial charge in [-0.15, -0.1) is 0 Å². The van der Waals surface area contributed by atoms with E-state index in [4.69, 9.17) is 5.73 Å². The van der Waals surface area contributed by atoms with Crippen LogP contribution in [-0.4, -0.2) is 55.9 Å². The van der Waals surface area contributed by atoms with Gasteiger partial charge in [-0.1, -0.05) is 18.2 Å². The Morgan fingerprint density at radius 1 is 1.00 bits per heavy atom. The molecule has 5 N–H and O–H groups in total. The zero-order valence-electron chi connectivity index (χ0n) is 18.3. The standard InChI is InChI=1S/C22H22N6O6/c1-33-19(31)12-8-13(20(32)34-2)10-15(9-12)24-17(29)11-16-18(30)27-22(26-16)28-21(23)25-14-6-4-3-5-7-14/h3-10,16H,11H2,1-2H3,(H,24,29)(H4,23,25,26,27,28,30). The van der Waals surface area contributed by atoms with Crippen LogP contribution < -0.4 is 21.7 Å². The maximum Gasteiger partial charge on any atom is 0.337 e. The number of ether oxygens (including phenoxy) is 2. The van der Waals surface area contributed by atoms with Gasteiger partial charge in [0.05, 0.1) is 31.8 Å². The summed E-state index contributed by atoms with van der Waals surface area (Å²) in [4.78, 5) is 56.6. The molecule has 0 spiro atoms. The van der Waals surface area contributed by atoms with Crippen molar-refractivity contribution in [1.29, 1.82) is 0 Å². The Morgan fingerprint density at radius 2 is 1.62 bits per heavy atom. The quantitative estimate of drug-likeness (QED) is 0.276. The Morgan fingerprint density at radius 3 is 2.21 bits per heavy atom. The summed E-state index contributed by atoms with van der Waals surface area (Å²) in [7, 11) is 2.37. The average Bonchev–Trinajstić information content (AvgIpc) is 3.16. The number of amides is 2. The summed E-state index contributed by atoms with van der Waals surface area (Å²) in [5.41, 5.74) is 6.75. The van der Waals surface area contributed by atoms with Crippen LogP contribution in [0.25, 0.3) is 0 Å². The topological polar surface area (TPSA) is 174 Å². The fraction of sp³-hybridized carbons (Fsp3) is 0.182. The number of rotatable bonds is 6. The number of guanidine groups is 2. The number of nitrogens with one attached hydrogen (secondary N) is 3. The molecule has 0 aliphatic carbocycles. The molecule has 2 aromatic rings. The molecular formula is C22H22N6O6. The van der Waals surface area contributed by atoms with Crippen molar-refractivity contribution in [2.75, 3.05) is 24.9 Å². The van der Waals surface area contributed by atoms with Crippen LogP contribution in [-0.2, 0) is 19.1 Å². The highest BCUT2D eigenvalue weighted by Gasteiger charge is 2.29. The second kappa shape index (κ2) is 10.7. The molecule has 0 fully saturated rings. The smallest absolute Gasteiger partial charge is 0.337 e. The average molecular weight is 466 g/mol. The van der Waals surface area contributed by atoms with E-state index in [1.807, 2.05) is 18.2 Å². The minimum Gasteiger partial charge on any atom is -0.465 e. The molecule has 1 aliphatic heterocycles. The van der Waals surface area contributed by atoms with Gasteiger partial charge in [0.25, 0.3) is 5.91 Å². The van der Waals surface area contributed by atoms with E-state index >= 15 is 0 Å². The van der Waals surface area contributed by atoms with Crippen LogP contribution in [0.15, 0.2) is 58.5 Å². The van der Waals surface area contributed by atoms with Crippen molar-refractivity contribution in [3.05, 3.63) is 59.7 Å². The first kappa shape index (κ1) is 23.9. The second-order valence-electron chi connectivity index (χ2n) is 6.98. The van der Waals surface area contributed by atoms with E-state index in [9.17, 15) is 19.2 Å². The summed E-state index contributed by atoms with van der Waals surface area (Å²) >= 11 is 0. The number of para-hydroxylation sites is 1. The molecule has 0 saturated carbocycles. The number of aliphatic imine (C=N–C) groups is 2. The fourth-order valence-electron chi connectivity index (χ4n) is 3.00. The summed E-state index contributed by atoms with van der Waals surface area (Å²) in [6.45, 7) is 0. The van der Waals surface area contributed by atoms with E-state index in [1.165, 1.54) is 32.4 Å². The van der Waals surface area contributed by atoms with Crippen molar-refractivity contribution in [1.82, 2.24) is 5.32 Å². The van der Waals surface area contributed by atoms with Gasteiger partial charge >= 0.3 is 11.9 Å². The largest absolute Gasteiger partial charge is 0.465 e. The summed E-state index contributed by atoms with van der Waals surface area (Å²) in [6, 6.07) is 11.9. The van der Waals surface area contributed by atoms with Crippen LogP contribution in [0.1, 0.15) is 27.1 Å². The molecule has 1 heterocycles. The molecule has 0 bridgehead atoms. The number of benzene rings is 2.